The summed E-state index contributed by atoms with van der Waals surface area (Å²) < 4.78 is 0. The lowest BCUT2D eigenvalue weighted by Crippen LogP contribution is -2.30. The quantitative estimate of drug-likeness (QED) is 0.856. The van der Waals surface area contributed by atoms with Crippen molar-refractivity contribution in [3.63, 3.8) is 0 Å². The zero-order valence-corrected chi connectivity index (χ0v) is 13.9. The minimum atomic E-state index is 0.295. The number of likely N-dealkylation sites (N-methyl/N-ethyl adjacent to an activating group) is 1. The van der Waals surface area contributed by atoms with E-state index in [4.69, 9.17) is 23.2 Å². The third-order valence-corrected chi connectivity index (χ3v) is 4.23. The first-order chi connectivity index (χ1) is 10.1. The predicted octanol–water partition coefficient (Wildman–Crippen LogP) is 4.32. The Balaban J connectivity index is 2.05. The summed E-state index contributed by atoms with van der Waals surface area (Å²) in [5.74, 6) is 0. The van der Waals surface area contributed by atoms with Gasteiger partial charge in [-0.2, -0.15) is 0 Å². The predicted molar refractivity (Wildman–Crippen MR) is 90.3 cm³/mol. The first kappa shape index (κ1) is 16.3. The van der Waals surface area contributed by atoms with Gasteiger partial charge in [0.2, 0.25) is 0 Å². The molecule has 0 spiro atoms. The third kappa shape index (κ3) is 4.70. The van der Waals surface area contributed by atoms with E-state index in [0.717, 1.165) is 35.5 Å². The number of nitrogens with one attached hydrogen (secondary N) is 1. The van der Waals surface area contributed by atoms with Gasteiger partial charge in [-0.25, -0.2) is 0 Å². The lowest BCUT2D eigenvalue weighted by atomic mass is 10.0. The molecule has 1 atom stereocenters. The van der Waals surface area contributed by atoms with Crippen molar-refractivity contribution in [3.05, 3.63) is 63.4 Å². The highest BCUT2D eigenvalue weighted by Gasteiger charge is 2.12. The first-order valence-corrected chi connectivity index (χ1v) is 7.93. The van der Waals surface area contributed by atoms with E-state index < -0.39 is 0 Å². The summed E-state index contributed by atoms with van der Waals surface area (Å²) in [6.45, 7) is 2.13. The molecule has 2 aromatic rings. The lowest BCUT2D eigenvalue weighted by molar-refractivity contribution is 0.550. The standard InChI is InChI=1S/C17H20Cl2N2/c1-3-12-4-7-15(21-11-12)10-16(20-2)8-13-5-6-14(18)9-17(13)19/h4-7,9,11,16,20H,3,8,10H2,1-2H3. The SMILES string of the molecule is CCc1ccc(CC(Cc2ccc(Cl)cc2Cl)NC)nc1. The van der Waals surface area contributed by atoms with Crippen LogP contribution in [-0.2, 0) is 19.3 Å². The molecule has 0 aliphatic carbocycles. The highest BCUT2D eigenvalue weighted by molar-refractivity contribution is 6.35. The molecular weight excluding hydrogens is 303 g/mol. The van der Waals surface area contributed by atoms with Crippen molar-refractivity contribution in [1.82, 2.24) is 10.3 Å². The summed E-state index contributed by atoms with van der Waals surface area (Å²) in [6, 6.07) is 10.2. The molecule has 2 rings (SSSR count). The van der Waals surface area contributed by atoms with E-state index in [2.05, 4.69) is 29.4 Å². The Labute approximate surface area is 136 Å². The van der Waals surface area contributed by atoms with Crippen molar-refractivity contribution in [2.24, 2.45) is 0 Å². The van der Waals surface area contributed by atoms with Gasteiger partial charge in [0.1, 0.15) is 0 Å². The minimum Gasteiger partial charge on any atom is -0.316 e. The number of hydrogen-bond donors (Lipinski definition) is 1. The topological polar surface area (TPSA) is 24.9 Å². The molecule has 2 nitrogen and oxygen atoms in total. The fourth-order valence-electron chi connectivity index (χ4n) is 2.27. The van der Waals surface area contributed by atoms with Crippen LogP contribution < -0.4 is 5.32 Å². The van der Waals surface area contributed by atoms with Gasteiger partial charge in [-0.05, 0) is 49.2 Å². The number of benzene rings is 1. The van der Waals surface area contributed by atoms with Crippen LogP contribution in [-0.4, -0.2) is 18.1 Å². The van der Waals surface area contributed by atoms with Crippen LogP contribution in [0.3, 0.4) is 0 Å². The van der Waals surface area contributed by atoms with Gasteiger partial charge in [0, 0.05) is 34.4 Å². The van der Waals surface area contributed by atoms with Crippen LogP contribution in [0.25, 0.3) is 0 Å². The van der Waals surface area contributed by atoms with E-state index in [9.17, 15) is 0 Å². The molecule has 0 saturated heterocycles. The van der Waals surface area contributed by atoms with Crippen molar-refractivity contribution in [2.45, 2.75) is 32.2 Å². The van der Waals surface area contributed by atoms with Gasteiger partial charge in [-0.3, -0.25) is 4.98 Å². The Morgan fingerprint density at radius 2 is 1.95 bits per heavy atom. The minimum absolute atomic E-state index is 0.295. The summed E-state index contributed by atoms with van der Waals surface area (Å²) in [5, 5.41) is 4.73. The first-order valence-electron chi connectivity index (χ1n) is 7.17. The molecule has 1 aromatic heterocycles. The summed E-state index contributed by atoms with van der Waals surface area (Å²) >= 11 is 12.2. The van der Waals surface area contributed by atoms with Crippen molar-refractivity contribution >= 4 is 23.2 Å². The van der Waals surface area contributed by atoms with Gasteiger partial charge in [0.15, 0.2) is 0 Å². The molecule has 0 aliphatic rings. The van der Waals surface area contributed by atoms with Gasteiger partial charge < -0.3 is 5.32 Å². The number of aromatic nitrogens is 1. The van der Waals surface area contributed by atoms with Crippen LogP contribution >= 0.6 is 23.2 Å². The van der Waals surface area contributed by atoms with Crippen LogP contribution in [0.5, 0.6) is 0 Å². The third-order valence-electron chi connectivity index (χ3n) is 3.64. The monoisotopic (exact) mass is 322 g/mol. The zero-order valence-electron chi connectivity index (χ0n) is 12.4. The molecule has 0 saturated carbocycles. The molecule has 0 aliphatic heterocycles. The van der Waals surface area contributed by atoms with Crippen molar-refractivity contribution in [3.8, 4) is 0 Å². The molecule has 112 valence electrons. The van der Waals surface area contributed by atoms with Crippen LogP contribution in [0.1, 0.15) is 23.7 Å². The fraction of sp³-hybridized carbons (Fsp3) is 0.353. The molecule has 0 amide bonds. The molecule has 0 bridgehead atoms. The average molecular weight is 323 g/mol. The Hall–Kier alpha value is -1.09. The van der Waals surface area contributed by atoms with Crippen LogP contribution in [0.2, 0.25) is 10.0 Å². The Bertz CT molecular complexity index is 582. The summed E-state index contributed by atoms with van der Waals surface area (Å²) in [4.78, 5) is 4.52. The Kier molecular flexibility index (Phi) is 6.04. The average Bonchev–Trinajstić information content (AvgIpc) is 2.49. The Morgan fingerprint density at radius 3 is 2.52 bits per heavy atom. The van der Waals surface area contributed by atoms with Gasteiger partial charge in [-0.1, -0.05) is 42.3 Å². The van der Waals surface area contributed by atoms with Crippen molar-refractivity contribution in [2.75, 3.05) is 7.05 Å². The van der Waals surface area contributed by atoms with Crippen molar-refractivity contribution < 1.29 is 0 Å². The fourth-order valence-corrected chi connectivity index (χ4v) is 2.75. The Morgan fingerprint density at radius 1 is 1.14 bits per heavy atom. The second-order valence-electron chi connectivity index (χ2n) is 5.14. The molecule has 1 heterocycles. The maximum atomic E-state index is 6.25. The molecule has 21 heavy (non-hydrogen) atoms. The number of hydrogen-bond acceptors (Lipinski definition) is 2. The molecule has 1 aromatic carbocycles. The number of aryl methyl sites for hydroxylation is 1. The van der Waals surface area contributed by atoms with Crippen LogP contribution in [0.4, 0.5) is 0 Å². The second kappa shape index (κ2) is 7.79. The molecule has 4 heteroatoms. The lowest BCUT2D eigenvalue weighted by Gasteiger charge is -2.17. The van der Waals surface area contributed by atoms with Crippen LogP contribution in [0.15, 0.2) is 36.5 Å². The van der Waals surface area contributed by atoms with E-state index in [1.165, 1.54) is 5.56 Å². The van der Waals surface area contributed by atoms with Gasteiger partial charge >= 0.3 is 0 Å². The number of pyridine rings is 1. The number of nitrogens with zero attached hydrogens (tertiary/aromatic N) is 1. The molecule has 0 fully saturated rings. The molecule has 1 N–H and O–H groups in total. The van der Waals surface area contributed by atoms with Gasteiger partial charge in [0.25, 0.3) is 0 Å². The van der Waals surface area contributed by atoms with Gasteiger partial charge in [0.05, 0.1) is 0 Å². The van der Waals surface area contributed by atoms with Gasteiger partial charge in [-0.15, -0.1) is 0 Å². The normalized spacial score (nSPS) is 12.4. The van der Waals surface area contributed by atoms with E-state index in [-0.39, 0.29) is 0 Å². The van der Waals surface area contributed by atoms with Crippen LogP contribution in [0, 0.1) is 0 Å². The summed E-state index contributed by atoms with van der Waals surface area (Å²) in [5.41, 5.74) is 3.46. The molecule has 0 radical (unpaired) electrons. The van der Waals surface area contributed by atoms with E-state index in [1.807, 2.05) is 25.4 Å². The smallest absolute Gasteiger partial charge is 0.0453 e. The maximum Gasteiger partial charge on any atom is 0.0453 e. The number of halogens is 2. The van der Waals surface area contributed by atoms with E-state index in [0.29, 0.717) is 11.1 Å². The summed E-state index contributed by atoms with van der Waals surface area (Å²) in [6.07, 6.45) is 4.70. The molecule has 1 unspecified atom stereocenters. The highest BCUT2D eigenvalue weighted by Crippen LogP contribution is 2.22. The van der Waals surface area contributed by atoms with E-state index >= 15 is 0 Å². The van der Waals surface area contributed by atoms with E-state index in [1.54, 1.807) is 6.07 Å². The highest BCUT2D eigenvalue weighted by atomic mass is 35.5. The zero-order chi connectivity index (χ0) is 15.2. The number of rotatable bonds is 6. The summed E-state index contributed by atoms with van der Waals surface area (Å²) in [7, 11) is 1.97. The maximum absolute atomic E-state index is 6.25. The molecular formula is C17H20Cl2N2. The largest absolute Gasteiger partial charge is 0.316 e. The second-order valence-corrected chi connectivity index (χ2v) is 5.98. The van der Waals surface area contributed by atoms with Crippen molar-refractivity contribution in [1.29, 1.82) is 0 Å².